The summed E-state index contributed by atoms with van der Waals surface area (Å²) in [6.45, 7) is 6.07. The molecule has 2 aromatic carbocycles. The number of hydrogen-bond donors (Lipinski definition) is 0. The van der Waals surface area contributed by atoms with Gasteiger partial charge >= 0.3 is 5.97 Å². The maximum Gasteiger partial charge on any atom is 0.305 e. The first-order chi connectivity index (χ1) is 18.6. The third-order valence-corrected chi connectivity index (χ3v) is 7.79. The van der Waals surface area contributed by atoms with Crippen LogP contribution in [0.25, 0.3) is 0 Å². The average Bonchev–Trinajstić information content (AvgIpc) is 2.95. The Morgan fingerprint density at radius 3 is 2.55 bits per heavy atom. The maximum atomic E-state index is 11.4. The highest BCUT2D eigenvalue weighted by Crippen LogP contribution is 2.40. The molecule has 4 rings (SSSR count). The number of esters is 1. The van der Waals surface area contributed by atoms with Crippen LogP contribution in [0.1, 0.15) is 56.9 Å². The van der Waals surface area contributed by atoms with Gasteiger partial charge in [0, 0.05) is 17.9 Å². The molecule has 0 saturated carbocycles. The number of unbranched alkanes of at least 4 members (excludes halogenated alkanes) is 2. The van der Waals surface area contributed by atoms with E-state index in [2.05, 4.69) is 6.92 Å². The molecule has 2 aliphatic rings. The van der Waals surface area contributed by atoms with Gasteiger partial charge in [-0.2, -0.15) is 0 Å². The quantitative estimate of drug-likeness (QED) is 0.228. The summed E-state index contributed by atoms with van der Waals surface area (Å²) in [7, 11) is 0. The van der Waals surface area contributed by atoms with E-state index >= 15 is 0 Å². The normalized spacial score (nSPS) is 26.9. The van der Waals surface area contributed by atoms with Crippen molar-refractivity contribution in [2.45, 2.75) is 76.2 Å². The van der Waals surface area contributed by atoms with Crippen LogP contribution >= 0.6 is 11.8 Å². The molecule has 0 spiro atoms. The molecule has 208 valence electrons. The van der Waals surface area contributed by atoms with Gasteiger partial charge in [-0.15, -0.1) is 11.8 Å². The number of carbonyl (C=O) groups excluding carboxylic acids is 1. The summed E-state index contributed by atoms with van der Waals surface area (Å²) in [5.74, 6) is 0.856. The summed E-state index contributed by atoms with van der Waals surface area (Å²) in [5, 5.41) is 0. The first kappa shape index (κ1) is 28.9. The summed E-state index contributed by atoms with van der Waals surface area (Å²) in [6.07, 6.45) is 4.48. The Kier molecular flexibility index (Phi) is 11.3. The highest BCUT2D eigenvalue weighted by Gasteiger charge is 2.48. The van der Waals surface area contributed by atoms with Crippen LogP contribution in [-0.2, 0) is 35.1 Å². The van der Waals surface area contributed by atoms with Crippen molar-refractivity contribution in [1.82, 2.24) is 0 Å². The monoisotopic (exact) mass is 544 g/mol. The molecule has 3 unspecified atom stereocenters. The zero-order chi connectivity index (χ0) is 26.7. The molecule has 0 radical (unpaired) electrons. The van der Waals surface area contributed by atoms with E-state index in [0.29, 0.717) is 32.8 Å². The third kappa shape index (κ3) is 7.96. The zero-order valence-electron chi connectivity index (χ0n) is 22.6. The first-order valence-corrected chi connectivity index (χ1v) is 14.9. The molecular weight excluding hydrogens is 504 g/mol. The van der Waals surface area contributed by atoms with Crippen molar-refractivity contribution in [3.8, 4) is 5.75 Å². The van der Waals surface area contributed by atoms with Gasteiger partial charge < -0.3 is 28.4 Å². The lowest BCUT2D eigenvalue weighted by molar-refractivity contribution is -0.311. The van der Waals surface area contributed by atoms with E-state index < -0.39 is 0 Å². The fraction of sp³-hybridized carbons (Fsp3) is 0.567. The summed E-state index contributed by atoms with van der Waals surface area (Å²) in [4.78, 5) is 11.4. The lowest BCUT2D eigenvalue weighted by Gasteiger charge is -2.48. The predicted octanol–water partition coefficient (Wildman–Crippen LogP) is 5.91. The Hall–Kier alpha value is -2.10. The Morgan fingerprint density at radius 2 is 1.82 bits per heavy atom. The Labute approximate surface area is 230 Å². The van der Waals surface area contributed by atoms with Gasteiger partial charge in [-0.3, -0.25) is 4.79 Å². The molecule has 8 heteroatoms. The van der Waals surface area contributed by atoms with Crippen LogP contribution < -0.4 is 4.74 Å². The molecule has 2 fully saturated rings. The van der Waals surface area contributed by atoms with Crippen molar-refractivity contribution in [2.24, 2.45) is 5.92 Å². The second-order valence-electron chi connectivity index (χ2n) is 9.70. The number of benzene rings is 2. The van der Waals surface area contributed by atoms with Gasteiger partial charge in [0.15, 0.2) is 6.29 Å². The molecule has 2 heterocycles. The summed E-state index contributed by atoms with van der Waals surface area (Å²) in [6, 6.07) is 18.1. The number of hydrogen-bond acceptors (Lipinski definition) is 8. The summed E-state index contributed by atoms with van der Waals surface area (Å²) < 4.78 is 36.0. The third-order valence-electron chi connectivity index (χ3n) is 6.94. The highest BCUT2D eigenvalue weighted by atomic mass is 32.2. The minimum atomic E-state index is -0.389. The van der Waals surface area contributed by atoms with Crippen molar-refractivity contribution in [1.29, 1.82) is 0 Å². The van der Waals surface area contributed by atoms with Crippen LogP contribution in [0.3, 0.4) is 0 Å². The van der Waals surface area contributed by atoms with Crippen LogP contribution in [0.5, 0.6) is 5.75 Å². The molecule has 2 aromatic rings. The molecule has 0 amide bonds. The van der Waals surface area contributed by atoms with Gasteiger partial charge in [-0.25, -0.2) is 0 Å². The number of ether oxygens (including phenoxy) is 6. The van der Waals surface area contributed by atoms with Crippen LogP contribution in [0.2, 0.25) is 0 Å². The molecule has 2 aliphatic heterocycles. The van der Waals surface area contributed by atoms with Crippen molar-refractivity contribution in [2.75, 3.05) is 26.1 Å². The van der Waals surface area contributed by atoms with Crippen LogP contribution in [0.4, 0.5) is 0 Å². The standard InChI is InChI=1S/C30H40O7S/c1-4-32-26(31)13-9-6-10-18-33-24-16-14-22(15-17-24)19-34-28-21(2)27-25(36-30(28)38-3)20-35-29(37-27)23-11-7-5-8-12-23/h5,7-8,11-12,14-17,21,25,27-30H,4,6,9-10,13,18-20H2,1-3H3/t21-,25?,27+,28?,29?,30-/m0/s1. The fourth-order valence-electron chi connectivity index (χ4n) is 4.86. The number of rotatable bonds is 13. The first-order valence-electron chi connectivity index (χ1n) is 13.6. The molecule has 6 atom stereocenters. The van der Waals surface area contributed by atoms with Crippen molar-refractivity contribution >= 4 is 17.7 Å². The van der Waals surface area contributed by atoms with Gasteiger partial charge in [-0.1, -0.05) is 49.4 Å². The minimum absolute atomic E-state index is 0.0850. The molecule has 0 aromatic heterocycles. The van der Waals surface area contributed by atoms with E-state index in [1.165, 1.54) is 0 Å². The van der Waals surface area contributed by atoms with E-state index in [1.807, 2.05) is 67.8 Å². The lowest BCUT2D eigenvalue weighted by Crippen LogP contribution is -2.57. The second-order valence-corrected chi connectivity index (χ2v) is 10.6. The van der Waals surface area contributed by atoms with E-state index in [1.54, 1.807) is 11.8 Å². The van der Waals surface area contributed by atoms with Gasteiger partial charge in [0.05, 0.1) is 38.6 Å². The van der Waals surface area contributed by atoms with Gasteiger partial charge in [0.2, 0.25) is 0 Å². The maximum absolute atomic E-state index is 11.4. The molecule has 7 nitrogen and oxygen atoms in total. The van der Waals surface area contributed by atoms with E-state index in [9.17, 15) is 4.79 Å². The van der Waals surface area contributed by atoms with Gasteiger partial charge in [0.1, 0.15) is 17.3 Å². The van der Waals surface area contributed by atoms with Crippen molar-refractivity contribution < 1.29 is 33.2 Å². The SMILES string of the molecule is CCOC(=O)CCCCCOc1ccc(COC2[C@@H](C)[C@H]3OC(c4ccccc4)OCC3O[C@H]2SC)cc1. The number of thioether (sulfide) groups is 1. The smallest absolute Gasteiger partial charge is 0.305 e. The zero-order valence-corrected chi connectivity index (χ0v) is 23.4. The molecule has 0 N–H and O–H groups in total. The second kappa shape index (κ2) is 14.9. The van der Waals surface area contributed by atoms with Gasteiger partial charge in [-0.05, 0) is 50.1 Å². The van der Waals surface area contributed by atoms with E-state index in [-0.39, 0.29) is 41.9 Å². The number of carbonyl (C=O) groups is 1. The average molecular weight is 545 g/mol. The van der Waals surface area contributed by atoms with Crippen LogP contribution in [0, 0.1) is 5.92 Å². The summed E-state index contributed by atoms with van der Waals surface area (Å²) >= 11 is 1.66. The molecule has 2 saturated heterocycles. The molecule has 0 aliphatic carbocycles. The molecular formula is C30H40O7S. The van der Waals surface area contributed by atoms with Crippen LogP contribution in [0.15, 0.2) is 54.6 Å². The van der Waals surface area contributed by atoms with E-state index in [0.717, 1.165) is 36.1 Å². The van der Waals surface area contributed by atoms with Crippen LogP contribution in [-0.4, -0.2) is 55.8 Å². The van der Waals surface area contributed by atoms with Gasteiger partial charge in [0.25, 0.3) is 0 Å². The lowest BCUT2D eigenvalue weighted by atomic mass is 9.90. The predicted molar refractivity (Wildman–Crippen MR) is 147 cm³/mol. The summed E-state index contributed by atoms with van der Waals surface area (Å²) in [5.41, 5.74) is 2.01. The van der Waals surface area contributed by atoms with Crippen molar-refractivity contribution in [3.63, 3.8) is 0 Å². The minimum Gasteiger partial charge on any atom is -0.494 e. The molecule has 0 bridgehead atoms. The molecule has 38 heavy (non-hydrogen) atoms. The van der Waals surface area contributed by atoms with E-state index in [4.69, 9.17) is 28.4 Å². The topological polar surface area (TPSA) is 72.5 Å². The fourth-order valence-corrected chi connectivity index (χ4v) is 5.71. The van der Waals surface area contributed by atoms with Crippen molar-refractivity contribution in [3.05, 3.63) is 65.7 Å². The Morgan fingerprint density at radius 1 is 1.03 bits per heavy atom. The Bertz CT molecular complexity index is 970. The highest BCUT2D eigenvalue weighted by molar-refractivity contribution is 7.99. The largest absolute Gasteiger partial charge is 0.494 e. The Balaban J connectivity index is 1.23. The number of fused-ring (bicyclic) bond motifs is 1.